The normalized spacial score (nSPS) is 15.5. The quantitative estimate of drug-likeness (QED) is 0.657. The maximum Gasteiger partial charge on any atom is 0.335 e. The van der Waals surface area contributed by atoms with Gasteiger partial charge in [-0.15, -0.1) is 0 Å². The van der Waals surface area contributed by atoms with Gasteiger partial charge in [0.1, 0.15) is 5.75 Å². The van der Waals surface area contributed by atoms with Gasteiger partial charge in [-0.05, 0) is 55.3 Å². The van der Waals surface area contributed by atoms with Crippen LogP contribution in [-0.2, 0) is 20.0 Å². The van der Waals surface area contributed by atoms with Gasteiger partial charge in [0.15, 0.2) is 0 Å². The number of carboxylic acid groups (broad SMARTS) is 1. The maximum atomic E-state index is 12.9. The first-order valence-electron chi connectivity index (χ1n) is 9.19. The highest BCUT2D eigenvalue weighted by atomic mass is 32.2. The number of methoxy groups -OCH3 is 1. The van der Waals surface area contributed by atoms with Crippen LogP contribution in [0.15, 0.2) is 52.3 Å². The van der Waals surface area contributed by atoms with Gasteiger partial charge >= 0.3 is 5.97 Å². The number of hydrogen-bond donors (Lipinski definition) is 2. The van der Waals surface area contributed by atoms with Gasteiger partial charge in [0, 0.05) is 13.1 Å². The lowest BCUT2D eigenvalue weighted by Crippen LogP contribution is -2.35. The van der Waals surface area contributed by atoms with E-state index in [9.17, 15) is 21.6 Å². The lowest BCUT2D eigenvalue weighted by Gasteiger charge is -2.26. The molecule has 2 N–H and O–H groups in total. The summed E-state index contributed by atoms with van der Waals surface area (Å²) in [6.45, 7) is 0.844. The molecule has 0 amide bonds. The molecule has 1 heterocycles. The number of ether oxygens (including phenoxy) is 1. The van der Waals surface area contributed by atoms with Crippen LogP contribution in [0.1, 0.15) is 29.6 Å². The number of carboxylic acids is 1. The van der Waals surface area contributed by atoms with Gasteiger partial charge in [0.25, 0.3) is 10.0 Å². The Kier molecular flexibility index (Phi) is 6.34. The van der Waals surface area contributed by atoms with Crippen molar-refractivity contribution in [1.29, 1.82) is 0 Å². The lowest BCUT2D eigenvalue weighted by atomic mass is 10.2. The second-order valence-corrected chi connectivity index (χ2v) is 10.4. The zero-order chi connectivity index (χ0) is 21.9. The summed E-state index contributed by atoms with van der Waals surface area (Å²) in [5.74, 6) is -1.03. The van der Waals surface area contributed by atoms with Crippen LogP contribution in [0.3, 0.4) is 0 Å². The zero-order valence-corrected chi connectivity index (χ0v) is 17.9. The van der Waals surface area contributed by atoms with Crippen molar-refractivity contribution in [2.75, 3.05) is 24.9 Å². The van der Waals surface area contributed by atoms with Crippen LogP contribution in [0.4, 0.5) is 5.69 Å². The van der Waals surface area contributed by atoms with Crippen molar-refractivity contribution in [3.8, 4) is 5.75 Å². The van der Waals surface area contributed by atoms with Gasteiger partial charge in [-0.3, -0.25) is 4.72 Å². The first-order chi connectivity index (χ1) is 14.1. The van der Waals surface area contributed by atoms with E-state index in [-0.39, 0.29) is 26.8 Å². The maximum absolute atomic E-state index is 12.9. The number of carbonyl (C=O) groups is 1. The molecule has 1 aliphatic rings. The Bertz CT molecular complexity index is 1140. The SMILES string of the molecule is COc1ccc(S(=O)(=O)N2CCCCC2)cc1NS(=O)(=O)c1ccc(C(=O)O)cc1. The molecule has 2 aromatic rings. The molecule has 0 atom stereocenters. The molecule has 0 aromatic heterocycles. The number of benzene rings is 2. The molecule has 162 valence electrons. The minimum atomic E-state index is -4.11. The summed E-state index contributed by atoms with van der Waals surface area (Å²) in [5, 5.41) is 8.95. The Morgan fingerprint density at radius 3 is 2.13 bits per heavy atom. The van der Waals surface area contributed by atoms with Gasteiger partial charge in [-0.1, -0.05) is 6.42 Å². The van der Waals surface area contributed by atoms with E-state index < -0.39 is 26.0 Å². The predicted octanol–water partition coefficient (Wildman–Crippen LogP) is 2.37. The van der Waals surface area contributed by atoms with Crippen LogP contribution in [0.5, 0.6) is 5.75 Å². The molecular formula is C19H22N2O7S2. The van der Waals surface area contributed by atoms with Gasteiger partial charge in [0.05, 0.1) is 28.2 Å². The molecule has 3 rings (SSSR count). The molecule has 0 radical (unpaired) electrons. The predicted molar refractivity (Wildman–Crippen MR) is 110 cm³/mol. The second kappa shape index (κ2) is 8.62. The summed E-state index contributed by atoms with van der Waals surface area (Å²) in [4.78, 5) is 10.8. The summed E-state index contributed by atoms with van der Waals surface area (Å²) in [6, 6.07) is 8.66. The minimum absolute atomic E-state index is 0.0297. The molecule has 0 aliphatic carbocycles. The zero-order valence-electron chi connectivity index (χ0n) is 16.2. The number of piperidine rings is 1. The van der Waals surface area contributed by atoms with Crippen molar-refractivity contribution in [1.82, 2.24) is 4.31 Å². The van der Waals surface area contributed by atoms with Crippen molar-refractivity contribution < 1.29 is 31.5 Å². The number of hydrogen-bond acceptors (Lipinski definition) is 6. The average molecular weight is 455 g/mol. The third-order valence-electron chi connectivity index (χ3n) is 4.78. The highest BCUT2D eigenvalue weighted by molar-refractivity contribution is 7.92. The number of nitrogens with one attached hydrogen (secondary N) is 1. The molecule has 1 fully saturated rings. The van der Waals surface area contributed by atoms with E-state index in [0.717, 1.165) is 31.4 Å². The summed E-state index contributed by atoms with van der Waals surface area (Å²) in [6.07, 6.45) is 2.53. The Morgan fingerprint density at radius 1 is 0.967 bits per heavy atom. The van der Waals surface area contributed by atoms with E-state index in [1.54, 1.807) is 0 Å². The van der Waals surface area contributed by atoms with Crippen LogP contribution >= 0.6 is 0 Å². The van der Waals surface area contributed by atoms with E-state index in [0.29, 0.717) is 13.1 Å². The van der Waals surface area contributed by atoms with E-state index in [4.69, 9.17) is 9.84 Å². The first-order valence-corrected chi connectivity index (χ1v) is 12.1. The van der Waals surface area contributed by atoms with E-state index in [1.165, 1.54) is 41.7 Å². The van der Waals surface area contributed by atoms with Crippen molar-refractivity contribution >= 4 is 31.7 Å². The second-order valence-electron chi connectivity index (χ2n) is 6.76. The molecule has 2 aromatic carbocycles. The molecule has 0 unspecified atom stereocenters. The van der Waals surface area contributed by atoms with Crippen LogP contribution in [0.2, 0.25) is 0 Å². The molecule has 30 heavy (non-hydrogen) atoms. The summed E-state index contributed by atoms with van der Waals surface area (Å²) < 4.78 is 60.2. The average Bonchev–Trinajstić information content (AvgIpc) is 2.74. The Hall–Kier alpha value is -2.63. The van der Waals surface area contributed by atoms with E-state index in [2.05, 4.69) is 4.72 Å². The molecular weight excluding hydrogens is 432 g/mol. The van der Waals surface area contributed by atoms with Crippen LogP contribution in [-0.4, -0.2) is 52.4 Å². The van der Waals surface area contributed by atoms with Crippen molar-refractivity contribution in [2.45, 2.75) is 29.1 Å². The number of nitrogens with zero attached hydrogens (tertiary/aromatic N) is 1. The molecule has 1 aliphatic heterocycles. The first kappa shape index (κ1) is 22.1. The number of sulfonamides is 2. The van der Waals surface area contributed by atoms with Crippen LogP contribution < -0.4 is 9.46 Å². The molecule has 11 heteroatoms. The lowest BCUT2D eigenvalue weighted by molar-refractivity contribution is 0.0696. The van der Waals surface area contributed by atoms with Crippen molar-refractivity contribution in [3.05, 3.63) is 48.0 Å². The van der Waals surface area contributed by atoms with E-state index >= 15 is 0 Å². The van der Waals surface area contributed by atoms with Gasteiger partial charge in [-0.25, -0.2) is 21.6 Å². The van der Waals surface area contributed by atoms with Crippen molar-refractivity contribution in [2.24, 2.45) is 0 Å². The Morgan fingerprint density at radius 2 is 1.57 bits per heavy atom. The third kappa shape index (κ3) is 4.58. The summed E-state index contributed by atoms with van der Waals surface area (Å²) in [7, 11) is -6.53. The topological polar surface area (TPSA) is 130 Å². The number of anilines is 1. The fraction of sp³-hybridized carbons (Fsp3) is 0.316. The molecule has 9 nitrogen and oxygen atoms in total. The third-order valence-corrected chi connectivity index (χ3v) is 8.06. The summed E-state index contributed by atoms with van der Waals surface area (Å²) >= 11 is 0. The smallest absolute Gasteiger partial charge is 0.335 e. The Balaban J connectivity index is 1.94. The van der Waals surface area contributed by atoms with Gasteiger partial charge < -0.3 is 9.84 Å². The molecule has 0 spiro atoms. The van der Waals surface area contributed by atoms with Crippen molar-refractivity contribution in [3.63, 3.8) is 0 Å². The van der Waals surface area contributed by atoms with E-state index in [1.807, 2.05) is 0 Å². The molecule has 0 bridgehead atoms. The largest absolute Gasteiger partial charge is 0.495 e. The fourth-order valence-corrected chi connectivity index (χ4v) is 5.77. The number of rotatable bonds is 7. The summed E-state index contributed by atoms with van der Waals surface area (Å²) in [5.41, 5.74) is -0.0842. The number of aromatic carboxylic acids is 1. The van der Waals surface area contributed by atoms with Crippen LogP contribution in [0, 0.1) is 0 Å². The van der Waals surface area contributed by atoms with Crippen LogP contribution in [0.25, 0.3) is 0 Å². The van der Waals surface area contributed by atoms with Gasteiger partial charge in [0.2, 0.25) is 10.0 Å². The minimum Gasteiger partial charge on any atom is -0.495 e. The standard InChI is InChI=1S/C19H22N2O7S2/c1-28-18-10-9-16(30(26,27)21-11-3-2-4-12-21)13-17(18)20-29(24,25)15-7-5-14(6-8-15)19(22)23/h5-10,13,20H,2-4,11-12H2,1H3,(H,22,23). The molecule has 1 saturated heterocycles. The Labute approximate surface area is 175 Å². The highest BCUT2D eigenvalue weighted by Gasteiger charge is 2.27. The molecule has 0 saturated carbocycles. The fourth-order valence-electron chi connectivity index (χ4n) is 3.16. The monoisotopic (exact) mass is 454 g/mol. The van der Waals surface area contributed by atoms with Gasteiger partial charge in [-0.2, -0.15) is 4.31 Å². The highest BCUT2D eigenvalue weighted by Crippen LogP contribution is 2.31.